The summed E-state index contributed by atoms with van der Waals surface area (Å²) in [5.74, 6) is 1.69. The second-order valence-electron chi connectivity index (χ2n) is 8.88. The van der Waals surface area contributed by atoms with Gasteiger partial charge < -0.3 is 16.4 Å². The Kier molecular flexibility index (Phi) is 6.98. The van der Waals surface area contributed by atoms with Gasteiger partial charge in [0, 0.05) is 18.3 Å². The zero-order valence-electron chi connectivity index (χ0n) is 19.0. The van der Waals surface area contributed by atoms with E-state index in [1.165, 1.54) is 5.56 Å². The van der Waals surface area contributed by atoms with E-state index in [0.717, 1.165) is 54.4 Å². The molecule has 0 bridgehead atoms. The molecule has 4 N–H and O–H groups in total. The first kappa shape index (κ1) is 22.1. The fourth-order valence-electron chi connectivity index (χ4n) is 3.52. The third-order valence-corrected chi connectivity index (χ3v) is 5.52. The number of nitrogens with one attached hydrogen (secondary N) is 2. The third kappa shape index (κ3) is 5.11. The number of imidazole rings is 1. The van der Waals surface area contributed by atoms with Crippen LogP contribution in [0.2, 0.25) is 0 Å². The molecule has 2 aromatic heterocycles. The first-order valence-electron chi connectivity index (χ1n) is 11.1. The molecule has 3 aromatic rings. The average molecular weight is 409 g/mol. The van der Waals surface area contributed by atoms with Crippen molar-refractivity contribution in [3.63, 3.8) is 0 Å². The normalized spacial score (nSPS) is 12.0. The Labute approximate surface area is 180 Å². The van der Waals surface area contributed by atoms with E-state index in [9.17, 15) is 0 Å². The van der Waals surface area contributed by atoms with Gasteiger partial charge in [-0.05, 0) is 61.1 Å². The highest BCUT2D eigenvalue weighted by Crippen LogP contribution is 2.27. The number of fused-ring (bicyclic) bond motifs is 1. The summed E-state index contributed by atoms with van der Waals surface area (Å²) in [6, 6.07) is 13.1. The number of aromatic nitrogens is 3. The second kappa shape index (κ2) is 9.47. The van der Waals surface area contributed by atoms with Crippen LogP contribution in [0.1, 0.15) is 59.4 Å². The number of nitrogens with two attached hydrogens (primary N) is 1. The molecule has 0 saturated carbocycles. The number of rotatable bonds is 9. The molecule has 0 amide bonds. The summed E-state index contributed by atoms with van der Waals surface area (Å²) in [7, 11) is 0. The van der Waals surface area contributed by atoms with Crippen molar-refractivity contribution in [1.82, 2.24) is 14.5 Å². The Balaban J connectivity index is 1.92. The number of hydrogen-bond donors (Lipinski definition) is 3. The summed E-state index contributed by atoms with van der Waals surface area (Å²) in [5.41, 5.74) is 10.0. The van der Waals surface area contributed by atoms with E-state index in [1.54, 1.807) is 0 Å². The van der Waals surface area contributed by atoms with Crippen molar-refractivity contribution in [3.8, 4) is 0 Å². The van der Waals surface area contributed by atoms with E-state index in [4.69, 9.17) is 15.7 Å². The lowest BCUT2D eigenvalue weighted by molar-refractivity contribution is 0.590. The molecule has 0 radical (unpaired) electrons. The highest BCUT2D eigenvalue weighted by Gasteiger charge is 2.16. The SMILES string of the molecule is CCC(CC)Nc1ccc2nc(Nc3ccc(C(C)(C)C)cc3)n(CCCN)c2n1. The Morgan fingerprint density at radius 1 is 1.00 bits per heavy atom. The van der Waals surface area contributed by atoms with Gasteiger partial charge in [0.15, 0.2) is 5.65 Å². The second-order valence-corrected chi connectivity index (χ2v) is 8.88. The first-order valence-corrected chi connectivity index (χ1v) is 11.1. The minimum Gasteiger partial charge on any atom is -0.367 e. The van der Waals surface area contributed by atoms with Crippen LogP contribution in [0.25, 0.3) is 11.2 Å². The number of hydrogen-bond acceptors (Lipinski definition) is 5. The van der Waals surface area contributed by atoms with Gasteiger partial charge in [0.2, 0.25) is 5.95 Å². The molecule has 0 unspecified atom stereocenters. The Morgan fingerprint density at radius 2 is 1.70 bits per heavy atom. The maximum Gasteiger partial charge on any atom is 0.209 e. The topological polar surface area (TPSA) is 80.8 Å². The number of pyridine rings is 1. The van der Waals surface area contributed by atoms with E-state index in [-0.39, 0.29) is 5.41 Å². The monoisotopic (exact) mass is 408 g/mol. The van der Waals surface area contributed by atoms with E-state index < -0.39 is 0 Å². The van der Waals surface area contributed by atoms with Crippen molar-refractivity contribution < 1.29 is 0 Å². The highest BCUT2D eigenvalue weighted by atomic mass is 15.2. The van der Waals surface area contributed by atoms with Crippen LogP contribution in [-0.4, -0.2) is 27.1 Å². The molecule has 0 aliphatic rings. The molecule has 6 heteroatoms. The van der Waals surface area contributed by atoms with E-state index in [0.29, 0.717) is 12.6 Å². The maximum atomic E-state index is 5.79. The predicted molar refractivity (Wildman–Crippen MR) is 128 cm³/mol. The number of benzene rings is 1. The van der Waals surface area contributed by atoms with Gasteiger partial charge in [-0.15, -0.1) is 0 Å². The maximum absolute atomic E-state index is 5.79. The standard InChI is InChI=1S/C24H36N6/c1-6-18(7-2)26-21-14-13-20-22(29-21)30(16-8-15-25)23(28-20)27-19-11-9-17(10-12-19)24(3,4)5/h9-14,18H,6-8,15-16,25H2,1-5H3,(H,26,29)(H,27,28). The quantitative estimate of drug-likeness (QED) is 0.440. The smallest absolute Gasteiger partial charge is 0.209 e. The summed E-state index contributed by atoms with van der Waals surface area (Å²) in [6.45, 7) is 12.5. The lowest BCUT2D eigenvalue weighted by Gasteiger charge is -2.19. The van der Waals surface area contributed by atoms with Gasteiger partial charge >= 0.3 is 0 Å². The Hall–Kier alpha value is -2.60. The third-order valence-electron chi connectivity index (χ3n) is 5.52. The van der Waals surface area contributed by atoms with E-state index in [1.807, 2.05) is 12.1 Å². The van der Waals surface area contributed by atoms with E-state index in [2.05, 4.69) is 74.1 Å². The van der Waals surface area contributed by atoms with Crippen LogP contribution < -0.4 is 16.4 Å². The van der Waals surface area contributed by atoms with Crippen LogP contribution in [0.15, 0.2) is 36.4 Å². The van der Waals surface area contributed by atoms with E-state index >= 15 is 0 Å². The molecule has 1 aromatic carbocycles. The summed E-state index contributed by atoms with van der Waals surface area (Å²) in [5, 5.41) is 7.02. The number of nitrogens with zero attached hydrogens (tertiary/aromatic N) is 3. The lowest BCUT2D eigenvalue weighted by Crippen LogP contribution is -2.18. The van der Waals surface area contributed by atoms with Crippen LogP contribution in [0.4, 0.5) is 17.5 Å². The molecule has 30 heavy (non-hydrogen) atoms. The molecule has 162 valence electrons. The zero-order valence-corrected chi connectivity index (χ0v) is 19.0. The van der Waals surface area contributed by atoms with Crippen molar-refractivity contribution in [1.29, 1.82) is 0 Å². The van der Waals surface area contributed by atoms with Gasteiger partial charge in [-0.25, -0.2) is 9.97 Å². The van der Waals surface area contributed by atoms with Crippen LogP contribution >= 0.6 is 0 Å². The summed E-state index contributed by atoms with van der Waals surface area (Å²) in [4.78, 5) is 9.69. The molecule has 2 heterocycles. The van der Waals surface area contributed by atoms with Crippen molar-refractivity contribution in [2.45, 2.75) is 71.9 Å². The summed E-state index contributed by atoms with van der Waals surface area (Å²) < 4.78 is 2.14. The molecule has 0 atom stereocenters. The van der Waals surface area contributed by atoms with Crippen molar-refractivity contribution in [2.24, 2.45) is 5.73 Å². The molecule has 3 rings (SSSR count). The molecular weight excluding hydrogens is 372 g/mol. The molecule has 6 nitrogen and oxygen atoms in total. The van der Waals surface area contributed by atoms with Gasteiger partial charge in [-0.1, -0.05) is 46.8 Å². The van der Waals surface area contributed by atoms with Gasteiger partial charge in [0.05, 0.1) is 0 Å². The van der Waals surface area contributed by atoms with Crippen molar-refractivity contribution in [2.75, 3.05) is 17.2 Å². The Bertz CT molecular complexity index is 948. The molecule has 0 spiro atoms. The fraction of sp³-hybridized carbons (Fsp3) is 0.500. The summed E-state index contributed by atoms with van der Waals surface area (Å²) >= 11 is 0. The van der Waals surface area contributed by atoms with Gasteiger partial charge in [0.25, 0.3) is 0 Å². The van der Waals surface area contributed by atoms with Gasteiger partial charge in [-0.2, -0.15) is 0 Å². The lowest BCUT2D eigenvalue weighted by atomic mass is 9.87. The van der Waals surface area contributed by atoms with Crippen LogP contribution in [0.5, 0.6) is 0 Å². The van der Waals surface area contributed by atoms with Crippen molar-refractivity contribution in [3.05, 3.63) is 42.0 Å². The molecule has 0 saturated heterocycles. The van der Waals surface area contributed by atoms with Crippen LogP contribution in [-0.2, 0) is 12.0 Å². The van der Waals surface area contributed by atoms with Crippen LogP contribution in [0, 0.1) is 0 Å². The molecule has 0 aliphatic carbocycles. The molecular formula is C24H36N6. The molecule has 0 aliphatic heterocycles. The first-order chi connectivity index (χ1) is 14.4. The molecule has 0 fully saturated rings. The summed E-state index contributed by atoms with van der Waals surface area (Å²) in [6.07, 6.45) is 3.01. The largest absolute Gasteiger partial charge is 0.367 e. The number of anilines is 3. The predicted octanol–water partition coefficient (Wildman–Crippen LogP) is 5.42. The minimum absolute atomic E-state index is 0.134. The minimum atomic E-state index is 0.134. The van der Waals surface area contributed by atoms with Gasteiger partial charge in [-0.3, -0.25) is 4.57 Å². The van der Waals surface area contributed by atoms with Gasteiger partial charge in [0.1, 0.15) is 11.3 Å². The Morgan fingerprint density at radius 3 is 2.30 bits per heavy atom. The van der Waals surface area contributed by atoms with Crippen molar-refractivity contribution >= 4 is 28.6 Å². The fourth-order valence-corrected chi connectivity index (χ4v) is 3.52. The van der Waals surface area contributed by atoms with Crippen LogP contribution in [0.3, 0.4) is 0 Å². The number of aryl methyl sites for hydroxylation is 1. The average Bonchev–Trinajstić information content (AvgIpc) is 3.06. The zero-order chi connectivity index (χ0) is 21.7. The highest BCUT2D eigenvalue weighted by molar-refractivity contribution is 5.78.